The Morgan fingerprint density at radius 2 is 1.57 bits per heavy atom. The van der Waals surface area contributed by atoms with Crippen LogP contribution in [0.3, 0.4) is 0 Å². The number of carbonyl (C=O) groups excluding carboxylic acids is 2. The number of amides is 2. The van der Waals surface area contributed by atoms with Gasteiger partial charge >= 0.3 is 0 Å². The van der Waals surface area contributed by atoms with Crippen LogP contribution in [0.2, 0.25) is 0 Å². The number of benzene rings is 2. The summed E-state index contributed by atoms with van der Waals surface area (Å²) in [7, 11) is 0. The first-order chi connectivity index (χ1) is 11.2. The standard InChI is InChI=1S/C18H14FNO3/c19-14-10-8-13(9-11-14)5-3-4-12-23-20-17(21)15-6-1-2-7-16(15)18(20)22/h1-3,5-11H,4,12H2/b5-3+. The van der Waals surface area contributed by atoms with E-state index in [0.717, 1.165) is 10.6 Å². The molecule has 0 saturated heterocycles. The number of hydrogen-bond donors (Lipinski definition) is 0. The van der Waals surface area contributed by atoms with E-state index in [4.69, 9.17) is 4.84 Å². The average molecular weight is 311 g/mol. The number of carbonyl (C=O) groups is 2. The first-order valence-electron chi connectivity index (χ1n) is 7.19. The van der Waals surface area contributed by atoms with Crippen molar-refractivity contribution in [1.29, 1.82) is 0 Å². The number of hydroxylamine groups is 2. The lowest BCUT2D eigenvalue weighted by atomic mass is 10.1. The summed E-state index contributed by atoms with van der Waals surface area (Å²) in [6, 6.07) is 12.7. The minimum Gasteiger partial charge on any atom is -0.266 e. The van der Waals surface area contributed by atoms with Crippen molar-refractivity contribution in [3.8, 4) is 0 Å². The molecule has 0 N–H and O–H groups in total. The van der Waals surface area contributed by atoms with E-state index in [1.165, 1.54) is 12.1 Å². The van der Waals surface area contributed by atoms with E-state index in [9.17, 15) is 14.0 Å². The van der Waals surface area contributed by atoms with Crippen LogP contribution in [0.4, 0.5) is 4.39 Å². The van der Waals surface area contributed by atoms with Crippen molar-refractivity contribution >= 4 is 17.9 Å². The lowest BCUT2D eigenvalue weighted by Crippen LogP contribution is -2.30. The van der Waals surface area contributed by atoms with E-state index >= 15 is 0 Å². The van der Waals surface area contributed by atoms with Gasteiger partial charge in [-0.3, -0.25) is 14.4 Å². The first-order valence-corrected chi connectivity index (χ1v) is 7.19. The molecule has 23 heavy (non-hydrogen) atoms. The topological polar surface area (TPSA) is 46.6 Å². The van der Waals surface area contributed by atoms with Gasteiger partial charge in [0.2, 0.25) is 0 Å². The maximum atomic E-state index is 12.8. The van der Waals surface area contributed by atoms with E-state index in [0.29, 0.717) is 17.5 Å². The van der Waals surface area contributed by atoms with Gasteiger partial charge in [-0.2, -0.15) is 0 Å². The zero-order chi connectivity index (χ0) is 16.2. The molecule has 3 rings (SSSR count). The molecular formula is C18H14FNO3. The summed E-state index contributed by atoms with van der Waals surface area (Å²) >= 11 is 0. The minimum absolute atomic E-state index is 0.198. The lowest BCUT2D eigenvalue weighted by Gasteiger charge is -2.12. The fourth-order valence-electron chi connectivity index (χ4n) is 2.29. The van der Waals surface area contributed by atoms with Crippen molar-refractivity contribution in [2.75, 3.05) is 6.61 Å². The van der Waals surface area contributed by atoms with Crippen LogP contribution in [0.25, 0.3) is 6.08 Å². The van der Waals surface area contributed by atoms with Gasteiger partial charge in [-0.05, 0) is 36.2 Å². The Morgan fingerprint density at radius 3 is 2.17 bits per heavy atom. The van der Waals surface area contributed by atoms with Crippen molar-refractivity contribution in [2.24, 2.45) is 0 Å². The maximum absolute atomic E-state index is 12.8. The third kappa shape index (κ3) is 3.19. The molecule has 2 aromatic rings. The fraction of sp³-hybridized carbons (Fsp3) is 0.111. The minimum atomic E-state index is -0.437. The van der Waals surface area contributed by atoms with Gasteiger partial charge in [-0.15, -0.1) is 5.06 Å². The molecule has 0 spiro atoms. The van der Waals surface area contributed by atoms with Crippen LogP contribution in [-0.4, -0.2) is 23.5 Å². The number of rotatable bonds is 5. The van der Waals surface area contributed by atoms with Crippen LogP contribution in [0.1, 0.15) is 32.7 Å². The third-order valence-electron chi connectivity index (χ3n) is 3.44. The van der Waals surface area contributed by atoms with Crippen LogP contribution in [0.5, 0.6) is 0 Å². The molecule has 5 heteroatoms. The van der Waals surface area contributed by atoms with Gasteiger partial charge in [0.15, 0.2) is 0 Å². The SMILES string of the molecule is O=C1c2ccccc2C(=O)N1OCC/C=C/c1ccc(F)cc1. The van der Waals surface area contributed by atoms with Crippen LogP contribution in [0.15, 0.2) is 54.6 Å². The normalized spacial score (nSPS) is 13.9. The highest BCUT2D eigenvalue weighted by Crippen LogP contribution is 2.22. The van der Waals surface area contributed by atoms with Crippen LogP contribution >= 0.6 is 0 Å². The molecule has 0 radical (unpaired) electrons. The Morgan fingerprint density at radius 1 is 0.957 bits per heavy atom. The summed E-state index contributed by atoms with van der Waals surface area (Å²) in [5.41, 5.74) is 1.59. The van der Waals surface area contributed by atoms with Gasteiger partial charge in [0.1, 0.15) is 5.82 Å². The second-order valence-corrected chi connectivity index (χ2v) is 5.03. The second-order valence-electron chi connectivity index (χ2n) is 5.03. The summed E-state index contributed by atoms with van der Waals surface area (Å²) in [4.78, 5) is 29.4. The lowest BCUT2D eigenvalue weighted by molar-refractivity contribution is -0.0896. The molecule has 4 nitrogen and oxygen atoms in total. The third-order valence-corrected chi connectivity index (χ3v) is 3.44. The maximum Gasteiger partial charge on any atom is 0.285 e. The van der Waals surface area contributed by atoms with E-state index < -0.39 is 11.8 Å². The predicted octanol–water partition coefficient (Wildman–Crippen LogP) is 3.46. The van der Waals surface area contributed by atoms with Gasteiger partial charge in [0, 0.05) is 0 Å². The average Bonchev–Trinajstić information content (AvgIpc) is 2.81. The highest BCUT2D eigenvalue weighted by Gasteiger charge is 2.36. The molecule has 1 heterocycles. The van der Waals surface area contributed by atoms with Crippen molar-refractivity contribution in [1.82, 2.24) is 5.06 Å². The smallest absolute Gasteiger partial charge is 0.266 e. The zero-order valence-electron chi connectivity index (χ0n) is 12.2. The molecule has 0 atom stereocenters. The highest BCUT2D eigenvalue weighted by molar-refractivity contribution is 6.20. The Hall–Kier alpha value is -2.79. The van der Waals surface area contributed by atoms with E-state index in [-0.39, 0.29) is 12.4 Å². The Bertz CT molecular complexity index is 733. The van der Waals surface area contributed by atoms with Gasteiger partial charge in [-0.25, -0.2) is 4.39 Å². The molecule has 0 bridgehead atoms. The summed E-state index contributed by atoms with van der Waals surface area (Å²) in [5, 5.41) is 0.802. The number of hydrogen-bond acceptors (Lipinski definition) is 3. The van der Waals surface area contributed by atoms with Crippen molar-refractivity contribution in [3.05, 3.63) is 77.1 Å². The van der Waals surface area contributed by atoms with Crippen LogP contribution in [-0.2, 0) is 4.84 Å². The Balaban J connectivity index is 1.53. The molecule has 1 aliphatic heterocycles. The highest BCUT2D eigenvalue weighted by atomic mass is 19.1. The number of fused-ring (bicyclic) bond motifs is 1. The molecule has 2 aromatic carbocycles. The molecule has 0 fully saturated rings. The van der Waals surface area contributed by atoms with Gasteiger partial charge in [-0.1, -0.05) is 36.4 Å². The summed E-state index contributed by atoms with van der Waals surface area (Å²) in [5.74, 6) is -1.16. The fourth-order valence-corrected chi connectivity index (χ4v) is 2.29. The second kappa shape index (κ2) is 6.54. The monoisotopic (exact) mass is 311 g/mol. The van der Waals surface area contributed by atoms with Crippen molar-refractivity contribution in [2.45, 2.75) is 6.42 Å². The summed E-state index contributed by atoms with van der Waals surface area (Å²) < 4.78 is 12.8. The molecule has 0 aliphatic carbocycles. The van der Waals surface area contributed by atoms with Gasteiger partial charge in [0.25, 0.3) is 11.8 Å². The molecule has 0 unspecified atom stereocenters. The van der Waals surface area contributed by atoms with Gasteiger partial charge < -0.3 is 0 Å². The van der Waals surface area contributed by atoms with Gasteiger partial charge in [0.05, 0.1) is 17.7 Å². The number of imide groups is 1. The Kier molecular flexibility index (Phi) is 4.30. The molecule has 0 aromatic heterocycles. The number of halogens is 1. The van der Waals surface area contributed by atoms with Crippen LogP contribution < -0.4 is 0 Å². The number of nitrogens with zero attached hydrogens (tertiary/aromatic N) is 1. The molecule has 2 amide bonds. The largest absolute Gasteiger partial charge is 0.285 e. The Labute approximate surface area is 132 Å². The first kappa shape index (κ1) is 15.1. The van der Waals surface area contributed by atoms with E-state index in [1.807, 2.05) is 12.2 Å². The summed E-state index contributed by atoms with van der Waals surface area (Å²) in [6.07, 6.45) is 4.18. The van der Waals surface area contributed by atoms with Crippen molar-refractivity contribution < 1.29 is 18.8 Å². The van der Waals surface area contributed by atoms with E-state index in [1.54, 1.807) is 36.4 Å². The van der Waals surface area contributed by atoms with Crippen molar-refractivity contribution in [3.63, 3.8) is 0 Å². The molecule has 1 aliphatic rings. The molecular weight excluding hydrogens is 297 g/mol. The zero-order valence-corrected chi connectivity index (χ0v) is 12.2. The summed E-state index contributed by atoms with van der Waals surface area (Å²) in [6.45, 7) is 0.198. The van der Waals surface area contributed by atoms with E-state index in [2.05, 4.69) is 0 Å². The predicted molar refractivity (Wildman–Crippen MR) is 82.9 cm³/mol. The quantitative estimate of drug-likeness (QED) is 0.627. The van der Waals surface area contributed by atoms with Crippen LogP contribution in [0, 0.1) is 5.82 Å². The molecule has 116 valence electrons. The molecule has 0 saturated carbocycles.